The average molecular weight is 849 g/mol. The molecule has 0 radical (unpaired) electrons. The average Bonchev–Trinajstić information content (AvgIpc) is 3.23. The molecule has 0 saturated carbocycles. The highest BCUT2D eigenvalue weighted by molar-refractivity contribution is 5.71. The molecule has 60 heavy (non-hydrogen) atoms. The smallest absolute Gasteiger partial charge is 0.306 e. The highest BCUT2D eigenvalue weighted by atomic mass is 16.6. The third-order valence-corrected chi connectivity index (χ3v) is 12.9. The van der Waals surface area contributed by atoms with Crippen molar-refractivity contribution in [3.63, 3.8) is 0 Å². The zero-order chi connectivity index (χ0) is 44.2. The summed E-state index contributed by atoms with van der Waals surface area (Å²) in [6.07, 6.45) is 45.3. The second-order valence-corrected chi connectivity index (χ2v) is 19.5. The predicted octanol–water partition coefficient (Wildman–Crippen LogP) is 17.2. The Bertz CT molecular complexity index is 933. The van der Waals surface area contributed by atoms with Gasteiger partial charge in [-0.2, -0.15) is 0 Å². The maximum Gasteiger partial charge on any atom is 0.306 e. The summed E-state index contributed by atoms with van der Waals surface area (Å²) >= 11 is 0. The van der Waals surface area contributed by atoms with Crippen LogP contribution in [0.4, 0.5) is 0 Å². The molecule has 0 aromatic rings. The van der Waals surface area contributed by atoms with Crippen molar-refractivity contribution >= 4 is 17.9 Å². The second kappa shape index (κ2) is 45.4. The van der Waals surface area contributed by atoms with Gasteiger partial charge in [0.25, 0.3) is 0 Å². The van der Waals surface area contributed by atoms with Crippen LogP contribution in [0.25, 0.3) is 0 Å². The van der Waals surface area contributed by atoms with Crippen LogP contribution in [0.15, 0.2) is 0 Å². The lowest BCUT2D eigenvalue weighted by molar-refractivity contribution is -0.167. The van der Waals surface area contributed by atoms with E-state index in [2.05, 4.69) is 41.5 Å². The van der Waals surface area contributed by atoms with E-state index >= 15 is 0 Å². The van der Waals surface area contributed by atoms with Crippen LogP contribution in [0.1, 0.15) is 292 Å². The van der Waals surface area contributed by atoms with Crippen LogP contribution in [0.2, 0.25) is 0 Å². The maximum atomic E-state index is 12.8. The summed E-state index contributed by atoms with van der Waals surface area (Å²) in [4.78, 5) is 37.9. The first-order valence-electron chi connectivity index (χ1n) is 26.7. The molecule has 3 atom stereocenters. The Labute approximate surface area is 374 Å². The Hall–Kier alpha value is -1.59. The van der Waals surface area contributed by atoms with E-state index < -0.39 is 6.10 Å². The van der Waals surface area contributed by atoms with Gasteiger partial charge in [-0.1, -0.05) is 253 Å². The normalized spacial score (nSPS) is 13.1. The first kappa shape index (κ1) is 58.4. The topological polar surface area (TPSA) is 78.9 Å². The Morgan fingerprint density at radius 2 is 0.583 bits per heavy atom. The second-order valence-electron chi connectivity index (χ2n) is 19.5. The molecule has 356 valence electrons. The number of carbonyl (C=O) groups is 3. The van der Waals surface area contributed by atoms with E-state index in [1.54, 1.807) is 0 Å². The van der Waals surface area contributed by atoms with Gasteiger partial charge in [0.1, 0.15) is 13.2 Å². The van der Waals surface area contributed by atoms with Crippen molar-refractivity contribution in [2.75, 3.05) is 13.2 Å². The number of carbonyl (C=O) groups excluding carboxylic acids is 3. The van der Waals surface area contributed by atoms with Crippen LogP contribution >= 0.6 is 0 Å². The third kappa shape index (κ3) is 44.5. The Kier molecular flexibility index (Phi) is 44.2. The quantitative estimate of drug-likeness (QED) is 0.0345. The van der Waals surface area contributed by atoms with Gasteiger partial charge >= 0.3 is 17.9 Å². The summed E-state index contributed by atoms with van der Waals surface area (Å²) in [5, 5.41) is 0. The van der Waals surface area contributed by atoms with Gasteiger partial charge in [-0.25, -0.2) is 0 Å². The molecule has 0 fully saturated rings. The fourth-order valence-corrected chi connectivity index (χ4v) is 8.05. The van der Waals surface area contributed by atoms with Crippen LogP contribution in [0, 0.1) is 17.8 Å². The minimum absolute atomic E-state index is 0.0663. The Morgan fingerprint density at radius 1 is 0.333 bits per heavy atom. The molecule has 0 aliphatic carbocycles. The lowest BCUT2D eigenvalue weighted by atomic mass is 9.99. The van der Waals surface area contributed by atoms with E-state index in [1.165, 1.54) is 173 Å². The molecule has 0 heterocycles. The SMILES string of the molecule is CCC(C)CCCCCCCCCCCCCCCCCCCCC(=O)O[C@H](COC(=O)CCCCCCCCCC(C)C)COC(=O)CCCCCCCCC(C)CC. The van der Waals surface area contributed by atoms with E-state index in [9.17, 15) is 14.4 Å². The molecule has 0 N–H and O–H groups in total. The van der Waals surface area contributed by atoms with Gasteiger partial charge in [0, 0.05) is 19.3 Å². The van der Waals surface area contributed by atoms with Crippen molar-refractivity contribution in [1.29, 1.82) is 0 Å². The first-order chi connectivity index (χ1) is 29.2. The largest absolute Gasteiger partial charge is 0.462 e. The zero-order valence-electron chi connectivity index (χ0n) is 41.3. The number of rotatable bonds is 47. The first-order valence-corrected chi connectivity index (χ1v) is 26.7. The zero-order valence-corrected chi connectivity index (χ0v) is 41.3. The number of esters is 3. The molecule has 0 saturated heterocycles. The predicted molar refractivity (Wildman–Crippen MR) is 256 cm³/mol. The van der Waals surface area contributed by atoms with Crippen molar-refractivity contribution in [2.24, 2.45) is 17.8 Å². The Balaban J connectivity index is 4.19. The number of unbranched alkanes of at least 4 members (excludes halogenated alkanes) is 28. The van der Waals surface area contributed by atoms with Gasteiger partial charge in [0.2, 0.25) is 0 Å². The lowest BCUT2D eigenvalue weighted by Crippen LogP contribution is -2.30. The monoisotopic (exact) mass is 849 g/mol. The third-order valence-electron chi connectivity index (χ3n) is 12.9. The maximum absolute atomic E-state index is 12.8. The van der Waals surface area contributed by atoms with Gasteiger partial charge in [0.15, 0.2) is 6.10 Å². The van der Waals surface area contributed by atoms with Gasteiger partial charge in [-0.3, -0.25) is 14.4 Å². The van der Waals surface area contributed by atoms with E-state index in [4.69, 9.17) is 14.2 Å². The van der Waals surface area contributed by atoms with Gasteiger partial charge in [-0.05, 0) is 37.0 Å². The molecule has 0 aromatic carbocycles. The van der Waals surface area contributed by atoms with Gasteiger partial charge in [-0.15, -0.1) is 0 Å². The molecular weight excluding hydrogens is 745 g/mol. The van der Waals surface area contributed by atoms with E-state index in [1.807, 2.05) is 0 Å². The van der Waals surface area contributed by atoms with Gasteiger partial charge < -0.3 is 14.2 Å². The minimum atomic E-state index is -0.763. The number of hydrogen-bond donors (Lipinski definition) is 0. The van der Waals surface area contributed by atoms with Crippen molar-refractivity contribution in [2.45, 2.75) is 298 Å². The van der Waals surface area contributed by atoms with Crippen LogP contribution in [-0.4, -0.2) is 37.2 Å². The lowest BCUT2D eigenvalue weighted by Gasteiger charge is -2.18. The summed E-state index contributed by atoms with van der Waals surface area (Å²) in [6, 6.07) is 0. The van der Waals surface area contributed by atoms with Crippen LogP contribution in [0.3, 0.4) is 0 Å². The van der Waals surface area contributed by atoms with E-state index in [-0.39, 0.29) is 31.1 Å². The van der Waals surface area contributed by atoms with Crippen LogP contribution in [0.5, 0.6) is 0 Å². The summed E-state index contributed by atoms with van der Waals surface area (Å²) in [5.41, 5.74) is 0. The highest BCUT2D eigenvalue weighted by Crippen LogP contribution is 2.18. The molecule has 2 unspecified atom stereocenters. The molecule has 0 aromatic heterocycles. The van der Waals surface area contributed by atoms with Gasteiger partial charge in [0.05, 0.1) is 0 Å². The molecule has 0 spiro atoms. The fraction of sp³-hybridized carbons (Fsp3) is 0.944. The van der Waals surface area contributed by atoms with Crippen molar-refractivity contribution in [1.82, 2.24) is 0 Å². The Morgan fingerprint density at radius 3 is 0.867 bits per heavy atom. The summed E-state index contributed by atoms with van der Waals surface area (Å²) < 4.78 is 16.8. The minimum Gasteiger partial charge on any atom is -0.462 e. The molecule has 6 nitrogen and oxygen atoms in total. The molecule has 0 aliphatic heterocycles. The molecule has 0 aliphatic rings. The van der Waals surface area contributed by atoms with Crippen molar-refractivity contribution in [3.05, 3.63) is 0 Å². The van der Waals surface area contributed by atoms with Crippen LogP contribution in [-0.2, 0) is 28.6 Å². The van der Waals surface area contributed by atoms with Crippen molar-refractivity contribution < 1.29 is 28.6 Å². The standard InChI is InChI=1S/C54H104O6/c1-7-49(5)41-35-29-23-19-17-15-13-11-9-10-12-14-16-18-20-24-33-39-45-54(57)60-51(46-58-52(55)43-37-31-25-21-22-28-34-40-48(3)4)47-59-53(56)44-38-32-27-26-30-36-42-50(6)8-2/h48-51H,7-47H2,1-6H3/t49?,50?,51-/m1/s1. The molecule has 0 bridgehead atoms. The summed E-state index contributed by atoms with van der Waals surface area (Å²) in [6.45, 7) is 13.7. The van der Waals surface area contributed by atoms with E-state index in [0.29, 0.717) is 19.3 Å². The summed E-state index contributed by atoms with van der Waals surface area (Å²) in [5.74, 6) is 1.65. The molecule has 6 heteroatoms. The summed E-state index contributed by atoms with van der Waals surface area (Å²) in [7, 11) is 0. The highest BCUT2D eigenvalue weighted by Gasteiger charge is 2.19. The number of hydrogen-bond acceptors (Lipinski definition) is 6. The fourth-order valence-electron chi connectivity index (χ4n) is 8.05. The molecule has 0 rings (SSSR count). The molecule has 0 amide bonds. The number of ether oxygens (including phenoxy) is 3. The van der Waals surface area contributed by atoms with Crippen LogP contribution < -0.4 is 0 Å². The van der Waals surface area contributed by atoms with Crippen molar-refractivity contribution in [3.8, 4) is 0 Å². The van der Waals surface area contributed by atoms with E-state index in [0.717, 1.165) is 75.5 Å². The molecular formula is C54H104O6.